The second-order valence-corrected chi connectivity index (χ2v) is 7.28. The topological polar surface area (TPSA) is 85.6 Å². The van der Waals surface area contributed by atoms with E-state index in [-0.39, 0.29) is 11.7 Å². The molecule has 3 heterocycles. The van der Waals surface area contributed by atoms with E-state index in [0.717, 1.165) is 11.4 Å². The fourth-order valence-corrected chi connectivity index (χ4v) is 3.62. The highest BCUT2D eigenvalue weighted by atomic mass is 32.2. The van der Waals surface area contributed by atoms with Crippen LogP contribution in [0.25, 0.3) is 11.4 Å². The number of hydrogen-bond donors (Lipinski definition) is 1. The zero-order valence-corrected chi connectivity index (χ0v) is 14.3. The zero-order valence-electron chi connectivity index (χ0n) is 11.8. The maximum Gasteiger partial charge on any atom is 0.236 e. The maximum absolute atomic E-state index is 11.8. The molecule has 0 fully saturated rings. The van der Waals surface area contributed by atoms with Gasteiger partial charge >= 0.3 is 0 Å². The molecule has 0 aliphatic heterocycles. The van der Waals surface area contributed by atoms with Crippen molar-refractivity contribution in [3.8, 4) is 11.4 Å². The van der Waals surface area contributed by atoms with E-state index in [9.17, 15) is 4.79 Å². The van der Waals surface area contributed by atoms with Gasteiger partial charge in [0.2, 0.25) is 11.0 Å². The van der Waals surface area contributed by atoms with Crippen molar-refractivity contribution in [2.45, 2.75) is 12.1 Å². The third-order valence-electron chi connectivity index (χ3n) is 2.76. The van der Waals surface area contributed by atoms with Crippen LogP contribution < -0.4 is 5.32 Å². The van der Waals surface area contributed by atoms with Crippen LogP contribution in [0.3, 0.4) is 0 Å². The molecule has 0 bridgehead atoms. The summed E-state index contributed by atoms with van der Waals surface area (Å²) in [4.78, 5) is 13.1. The van der Waals surface area contributed by atoms with Crippen LogP contribution in [0.5, 0.6) is 0 Å². The zero-order chi connectivity index (χ0) is 15.5. The van der Waals surface area contributed by atoms with Gasteiger partial charge in [0.25, 0.3) is 0 Å². The Labute approximate surface area is 138 Å². The van der Waals surface area contributed by atoms with Gasteiger partial charge < -0.3 is 4.57 Å². The number of carbonyl (C=O) groups is 1. The summed E-state index contributed by atoms with van der Waals surface area (Å²) >= 11 is 4.29. The fourth-order valence-electron chi connectivity index (χ4n) is 1.77. The Morgan fingerprint density at radius 1 is 1.36 bits per heavy atom. The average molecular weight is 352 g/mol. The van der Waals surface area contributed by atoms with Crippen molar-refractivity contribution in [3.05, 3.63) is 21.8 Å². The highest BCUT2D eigenvalue weighted by Gasteiger charge is 2.14. The summed E-state index contributed by atoms with van der Waals surface area (Å²) in [5.41, 5.74) is 2.61. The van der Waals surface area contributed by atoms with Crippen LogP contribution in [-0.2, 0) is 11.8 Å². The van der Waals surface area contributed by atoms with E-state index in [2.05, 4.69) is 44.1 Å². The Morgan fingerprint density at radius 2 is 2.23 bits per heavy atom. The number of aryl methyl sites for hydroxylation is 1. The third-order valence-corrected chi connectivity index (χ3v) is 5.25. The normalized spacial score (nSPS) is 10.8. The fraction of sp³-hybridized carbons (Fsp3) is 0.250. The third kappa shape index (κ3) is 3.34. The first kappa shape index (κ1) is 15.1. The molecule has 22 heavy (non-hydrogen) atoms. The Kier molecular flexibility index (Phi) is 4.50. The molecule has 0 aromatic carbocycles. The Morgan fingerprint density at radius 3 is 2.91 bits per heavy atom. The van der Waals surface area contributed by atoms with Crippen molar-refractivity contribution in [2.75, 3.05) is 11.1 Å². The summed E-state index contributed by atoms with van der Waals surface area (Å²) in [7, 11) is 1.90. The van der Waals surface area contributed by atoms with Crippen molar-refractivity contribution >= 4 is 45.5 Å². The lowest BCUT2D eigenvalue weighted by molar-refractivity contribution is -0.113. The first-order valence-corrected chi connectivity index (χ1v) is 9.01. The van der Waals surface area contributed by atoms with Crippen molar-refractivity contribution < 1.29 is 4.79 Å². The van der Waals surface area contributed by atoms with Crippen molar-refractivity contribution in [2.24, 2.45) is 7.05 Å². The van der Waals surface area contributed by atoms with Crippen molar-refractivity contribution in [1.29, 1.82) is 0 Å². The van der Waals surface area contributed by atoms with Gasteiger partial charge in [-0.15, -0.1) is 31.7 Å². The van der Waals surface area contributed by atoms with Crippen LogP contribution in [0.2, 0.25) is 0 Å². The minimum Gasteiger partial charge on any atom is -0.305 e. The standard InChI is InChI=1S/C12H12N6OS3/c1-7-3-8(4-20-7)10-15-17-12(18(10)2)21-5-9(19)14-11-16-13-6-22-11/h3-4,6H,5H2,1-2H3,(H,14,16,19). The van der Waals surface area contributed by atoms with Gasteiger partial charge in [-0.3, -0.25) is 10.1 Å². The van der Waals surface area contributed by atoms with Gasteiger partial charge in [-0.25, -0.2) is 0 Å². The SMILES string of the molecule is Cc1cc(-c2nnc(SCC(=O)Nc3nncs3)n2C)cs1. The van der Waals surface area contributed by atoms with Crippen molar-refractivity contribution in [1.82, 2.24) is 25.0 Å². The molecule has 0 aliphatic carbocycles. The van der Waals surface area contributed by atoms with Gasteiger partial charge in [-0.05, 0) is 13.0 Å². The monoisotopic (exact) mass is 352 g/mol. The molecule has 1 amide bonds. The van der Waals surface area contributed by atoms with Crippen molar-refractivity contribution in [3.63, 3.8) is 0 Å². The summed E-state index contributed by atoms with van der Waals surface area (Å²) in [5, 5.41) is 21.7. The molecule has 0 unspecified atom stereocenters. The molecular weight excluding hydrogens is 340 g/mol. The molecule has 0 saturated carbocycles. The number of hydrogen-bond acceptors (Lipinski definition) is 8. The van der Waals surface area contributed by atoms with E-state index >= 15 is 0 Å². The number of anilines is 1. The van der Waals surface area contributed by atoms with Crippen LogP contribution in [0.4, 0.5) is 5.13 Å². The average Bonchev–Trinajstić information content (AvgIpc) is 3.19. The molecule has 3 aromatic heterocycles. The highest BCUT2D eigenvalue weighted by molar-refractivity contribution is 7.99. The predicted molar refractivity (Wildman–Crippen MR) is 88.3 cm³/mol. The lowest BCUT2D eigenvalue weighted by Gasteiger charge is -2.02. The van der Waals surface area contributed by atoms with E-state index in [1.54, 1.807) is 16.8 Å². The van der Waals surface area contributed by atoms with E-state index in [0.29, 0.717) is 10.3 Å². The smallest absolute Gasteiger partial charge is 0.236 e. The first-order chi connectivity index (χ1) is 10.6. The lowest BCUT2D eigenvalue weighted by Crippen LogP contribution is -2.14. The minimum absolute atomic E-state index is 0.141. The van der Waals surface area contributed by atoms with Gasteiger partial charge in [0.1, 0.15) is 5.51 Å². The molecule has 0 aliphatic rings. The molecule has 0 radical (unpaired) electrons. The number of thiophene rings is 1. The van der Waals surface area contributed by atoms with Crippen LogP contribution >= 0.6 is 34.4 Å². The molecule has 7 nitrogen and oxygen atoms in total. The Bertz CT molecular complexity index is 779. The quantitative estimate of drug-likeness (QED) is 0.710. The van der Waals surface area contributed by atoms with Gasteiger partial charge in [0.05, 0.1) is 5.75 Å². The Balaban J connectivity index is 1.64. The van der Waals surface area contributed by atoms with E-state index in [4.69, 9.17) is 0 Å². The summed E-state index contributed by atoms with van der Waals surface area (Å²) in [6.07, 6.45) is 0. The Hall–Kier alpha value is -1.78. The van der Waals surface area contributed by atoms with E-state index in [1.807, 2.05) is 11.6 Å². The molecular formula is C12H12N6OS3. The summed E-state index contributed by atoms with van der Waals surface area (Å²) in [5.74, 6) is 0.905. The number of rotatable bonds is 5. The number of thioether (sulfide) groups is 1. The maximum atomic E-state index is 11.8. The number of nitrogens with one attached hydrogen (secondary N) is 1. The second-order valence-electron chi connectivity index (χ2n) is 4.39. The summed E-state index contributed by atoms with van der Waals surface area (Å²) < 4.78 is 1.89. The van der Waals surface area contributed by atoms with Crippen LogP contribution in [-0.4, -0.2) is 36.6 Å². The number of carbonyl (C=O) groups excluding carboxylic acids is 1. The molecule has 114 valence electrons. The molecule has 0 saturated heterocycles. The molecule has 3 aromatic rings. The molecule has 0 spiro atoms. The lowest BCUT2D eigenvalue weighted by atomic mass is 10.3. The van der Waals surface area contributed by atoms with Gasteiger partial charge in [0.15, 0.2) is 11.0 Å². The van der Waals surface area contributed by atoms with Gasteiger partial charge in [-0.2, -0.15) is 0 Å². The minimum atomic E-state index is -0.141. The predicted octanol–water partition coefficient (Wildman–Crippen LogP) is 2.43. The highest BCUT2D eigenvalue weighted by Crippen LogP contribution is 2.26. The van der Waals surface area contributed by atoms with Gasteiger partial charge in [0, 0.05) is 22.9 Å². The molecule has 1 N–H and O–H groups in total. The number of aromatic nitrogens is 5. The van der Waals surface area contributed by atoms with E-state index in [1.165, 1.54) is 28.0 Å². The largest absolute Gasteiger partial charge is 0.305 e. The first-order valence-electron chi connectivity index (χ1n) is 6.27. The summed E-state index contributed by atoms with van der Waals surface area (Å²) in [6.45, 7) is 2.05. The van der Waals surface area contributed by atoms with Crippen LogP contribution in [0.1, 0.15) is 4.88 Å². The molecule has 3 rings (SSSR count). The number of amides is 1. The summed E-state index contributed by atoms with van der Waals surface area (Å²) in [6, 6.07) is 2.07. The molecule has 0 atom stereocenters. The van der Waals surface area contributed by atoms with Crippen LogP contribution in [0, 0.1) is 6.92 Å². The number of nitrogens with zero attached hydrogens (tertiary/aromatic N) is 5. The van der Waals surface area contributed by atoms with Crippen LogP contribution in [0.15, 0.2) is 22.1 Å². The van der Waals surface area contributed by atoms with E-state index < -0.39 is 0 Å². The van der Waals surface area contributed by atoms with Gasteiger partial charge in [-0.1, -0.05) is 23.1 Å². The molecule has 10 heteroatoms. The second kappa shape index (κ2) is 6.55.